The molecule has 0 aromatic heterocycles. The highest BCUT2D eigenvalue weighted by Crippen LogP contribution is 2.25. The summed E-state index contributed by atoms with van der Waals surface area (Å²) in [5, 5.41) is 10.0. The summed E-state index contributed by atoms with van der Waals surface area (Å²) in [5.74, 6) is 0. The fourth-order valence-corrected chi connectivity index (χ4v) is 3.10. The molecule has 1 atom stereocenters. The van der Waals surface area contributed by atoms with Crippen LogP contribution in [0.4, 0.5) is 0 Å². The van der Waals surface area contributed by atoms with Gasteiger partial charge in [-0.05, 0) is 37.5 Å². The van der Waals surface area contributed by atoms with Crippen LogP contribution in [-0.4, -0.2) is 31.6 Å². The number of sulfonamides is 1. The van der Waals surface area contributed by atoms with Gasteiger partial charge < -0.3 is 5.11 Å². The molecule has 6 heteroatoms. The first-order valence-electron chi connectivity index (χ1n) is 8.03. The molecule has 0 aliphatic rings. The van der Waals surface area contributed by atoms with Crippen LogP contribution in [0.25, 0.3) is 11.1 Å². The van der Waals surface area contributed by atoms with Crippen molar-refractivity contribution in [2.45, 2.75) is 31.6 Å². The largest absolute Gasteiger partial charge is 0.384 e. The van der Waals surface area contributed by atoms with Crippen LogP contribution >= 0.6 is 0 Å². The summed E-state index contributed by atoms with van der Waals surface area (Å²) in [6.45, 7) is 4.65. The lowest BCUT2D eigenvalue weighted by Crippen LogP contribution is -2.41. The van der Waals surface area contributed by atoms with E-state index in [0.29, 0.717) is 11.1 Å². The Kier molecular flexibility index (Phi) is 5.77. The zero-order valence-corrected chi connectivity index (χ0v) is 15.4. The van der Waals surface area contributed by atoms with Crippen molar-refractivity contribution < 1.29 is 18.3 Å². The number of aliphatic hydroxyl groups is 1. The van der Waals surface area contributed by atoms with Crippen molar-refractivity contribution in [3.05, 3.63) is 59.7 Å². The van der Waals surface area contributed by atoms with E-state index in [9.17, 15) is 18.3 Å². The smallest absolute Gasteiger partial charge is 0.214 e. The van der Waals surface area contributed by atoms with E-state index >= 15 is 0 Å². The number of carbonyl (C=O) groups excluding carboxylic acids is 1. The van der Waals surface area contributed by atoms with Crippen molar-refractivity contribution in [1.29, 1.82) is 0 Å². The van der Waals surface area contributed by atoms with E-state index in [1.54, 1.807) is 45.0 Å². The standard InChI is InChI=1S/C19H23NO4S/c1-14(2)25(23,24)20-13-19(3,22)18-10-8-17(9-11-18)16-6-4-15(12-21)5-7-16/h4-12,14,20,22H,13H2,1-3H3. The topological polar surface area (TPSA) is 83.5 Å². The minimum atomic E-state index is -3.44. The molecule has 134 valence electrons. The van der Waals surface area contributed by atoms with E-state index < -0.39 is 20.9 Å². The maximum atomic E-state index is 11.9. The fourth-order valence-electron chi connectivity index (χ4n) is 2.29. The first-order valence-corrected chi connectivity index (χ1v) is 9.57. The van der Waals surface area contributed by atoms with Crippen molar-refractivity contribution in [1.82, 2.24) is 4.72 Å². The van der Waals surface area contributed by atoms with Gasteiger partial charge in [-0.3, -0.25) is 4.79 Å². The molecule has 0 heterocycles. The molecule has 25 heavy (non-hydrogen) atoms. The van der Waals surface area contributed by atoms with E-state index in [2.05, 4.69) is 4.72 Å². The van der Waals surface area contributed by atoms with E-state index in [1.807, 2.05) is 24.3 Å². The molecule has 2 rings (SSSR count). The number of benzene rings is 2. The Balaban J connectivity index is 2.15. The second-order valence-corrected chi connectivity index (χ2v) is 8.83. The minimum Gasteiger partial charge on any atom is -0.384 e. The average Bonchev–Trinajstić information content (AvgIpc) is 2.60. The number of hydrogen-bond acceptors (Lipinski definition) is 4. The van der Waals surface area contributed by atoms with Crippen molar-refractivity contribution in [3.8, 4) is 11.1 Å². The predicted octanol–water partition coefficient (Wildman–Crippen LogP) is 2.70. The van der Waals surface area contributed by atoms with Crippen LogP contribution in [0.3, 0.4) is 0 Å². The summed E-state index contributed by atoms with van der Waals surface area (Å²) in [4.78, 5) is 10.7. The van der Waals surface area contributed by atoms with Gasteiger partial charge in [0.25, 0.3) is 0 Å². The lowest BCUT2D eigenvalue weighted by molar-refractivity contribution is 0.0627. The van der Waals surface area contributed by atoms with Gasteiger partial charge in [-0.15, -0.1) is 0 Å². The molecule has 0 radical (unpaired) electrons. The van der Waals surface area contributed by atoms with Gasteiger partial charge in [-0.25, -0.2) is 13.1 Å². The molecule has 1 unspecified atom stereocenters. The number of rotatable bonds is 7. The molecule has 0 amide bonds. The van der Waals surface area contributed by atoms with Crippen molar-refractivity contribution in [2.75, 3.05) is 6.54 Å². The van der Waals surface area contributed by atoms with Crippen molar-refractivity contribution in [3.63, 3.8) is 0 Å². The first kappa shape index (κ1) is 19.3. The molecule has 2 N–H and O–H groups in total. The lowest BCUT2D eigenvalue weighted by Gasteiger charge is -2.25. The lowest BCUT2D eigenvalue weighted by atomic mass is 9.94. The van der Waals surface area contributed by atoms with E-state index in [0.717, 1.165) is 17.4 Å². The number of carbonyl (C=O) groups is 1. The van der Waals surface area contributed by atoms with Crippen LogP contribution in [-0.2, 0) is 15.6 Å². The van der Waals surface area contributed by atoms with E-state index in [-0.39, 0.29) is 6.54 Å². The highest BCUT2D eigenvalue weighted by atomic mass is 32.2. The molecule has 5 nitrogen and oxygen atoms in total. The molecule has 2 aromatic rings. The van der Waals surface area contributed by atoms with Gasteiger partial charge in [-0.2, -0.15) is 0 Å². The molecular formula is C19H23NO4S. The molecule has 0 bridgehead atoms. The first-order chi connectivity index (χ1) is 11.7. The molecule has 0 aliphatic heterocycles. The average molecular weight is 361 g/mol. The minimum absolute atomic E-state index is 0.0963. The molecule has 0 spiro atoms. The maximum absolute atomic E-state index is 11.9. The summed E-state index contributed by atoms with van der Waals surface area (Å²) in [5.41, 5.74) is 1.81. The molecular weight excluding hydrogens is 338 g/mol. The quantitative estimate of drug-likeness (QED) is 0.743. The van der Waals surface area contributed by atoms with Crippen LogP contribution in [0, 0.1) is 0 Å². The summed E-state index contributed by atoms with van der Waals surface area (Å²) in [6.07, 6.45) is 0.794. The van der Waals surface area contributed by atoms with Gasteiger partial charge >= 0.3 is 0 Å². The molecule has 0 saturated heterocycles. The zero-order valence-electron chi connectivity index (χ0n) is 14.6. The van der Waals surface area contributed by atoms with Gasteiger partial charge in [0.15, 0.2) is 0 Å². The highest BCUT2D eigenvalue weighted by molar-refractivity contribution is 7.90. The normalized spacial score (nSPS) is 14.3. The maximum Gasteiger partial charge on any atom is 0.214 e. The predicted molar refractivity (Wildman–Crippen MR) is 98.9 cm³/mol. The molecule has 0 fully saturated rings. The van der Waals surface area contributed by atoms with Crippen LogP contribution < -0.4 is 4.72 Å². The highest BCUT2D eigenvalue weighted by Gasteiger charge is 2.26. The Labute approximate surface area is 148 Å². The molecule has 0 aliphatic carbocycles. The van der Waals surface area contributed by atoms with Gasteiger partial charge in [0, 0.05) is 12.1 Å². The molecule has 2 aromatic carbocycles. The molecule has 0 saturated carbocycles. The summed E-state index contributed by atoms with van der Waals surface area (Å²) < 4.78 is 26.2. The Morgan fingerprint density at radius 2 is 1.52 bits per heavy atom. The second kappa shape index (κ2) is 7.47. The van der Waals surface area contributed by atoms with E-state index in [4.69, 9.17) is 0 Å². The summed E-state index contributed by atoms with van der Waals surface area (Å²) >= 11 is 0. The Morgan fingerprint density at radius 1 is 1.04 bits per heavy atom. The monoisotopic (exact) mass is 361 g/mol. The Bertz CT molecular complexity index is 823. The third kappa shape index (κ3) is 4.75. The fraction of sp³-hybridized carbons (Fsp3) is 0.316. The Morgan fingerprint density at radius 3 is 1.96 bits per heavy atom. The van der Waals surface area contributed by atoms with Gasteiger partial charge in [0.1, 0.15) is 11.9 Å². The van der Waals surface area contributed by atoms with Crippen molar-refractivity contribution >= 4 is 16.3 Å². The van der Waals surface area contributed by atoms with Gasteiger partial charge in [0.2, 0.25) is 10.0 Å². The third-order valence-corrected chi connectivity index (χ3v) is 5.91. The van der Waals surface area contributed by atoms with Crippen LogP contribution in [0.5, 0.6) is 0 Å². The van der Waals surface area contributed by atoms with Gasteiger partial charge in [0.05, 0.1) is 5.25 Å². The second-order valence-electron chi connectivity index (χ2n) is 6.51. The van der Waals surface area contributed by atoms with Crippen LogP contribution in [0.15, 0.2) is 48.5 Å². The van der Waals surface area contributed by atoms with Gasteiger partial charge in [-0.1, -0.05) is 48.5 Å². The van der Waals surface area contributed by atoms with Crippen molar-refractivity contribution in [2.24, 2.45) is 0 Å². The zero-order chi connectivity index (χ0) is 18.7. The Hall–Kier alpha value is -2.02. The summed E-state index contributed by atoms with van der Waals surface area (Å²) in [7, 11) is -3.44. The number of aldehydes is 1. The number of hydrogen-bond donors (Lipinski definition) is 2. The SMILES string of the molecule is CC(C)S(=O)(=O)NCC(C)(O)c1ccc(-c2ccc(C=O)cc2)cc1. The van der Waals surface area contributed by atoms with Crippen LogP contribution in [0.1, 0.15) is 36.7 Å². The van der Waals surface area contributed by atoms with Crippen LogP contribution in [0.2, 0.25) is 0 Å². The van der Waals surface area contributed by atoms with E-state index in [1.165, 1.54) is 0 Å². The third-order valence-electron chi connectivity index (χ3n) is 4.13. The summed E-state index contributed by atoms with van der Waals surface area (Å²) in [6, 6.07) is 14.5. The number of nitrogens with one attached hydrogen (secondary N) is 1.